The maximum atomic E-state index is 6.10. The van der Waals surface area contributed by atoms with Gasteiger partial charge in [0.05, 0.1) is 10.5 Å². The molecule has 0 radical (unpaired) electrons. The third-order valence-corrected chi connectivity index (χ3v) is 3.09. The number of fused-ring (bicyclic) bond motifs is 1. The quantitative estimate of drug-likeness (QED) is 0.785. The minimum Gasteiger partial charge on any atom is -0.356 e. The first kappa shape index (κ1) is 10.8. The summed E-state index contributed by atoms with van der Waals surface area (Å²) in [7, 11) is 0. The van der Waals surface area contributed by atoms with Gasteiger partial charge in [0.2, 0.25) is 0 Å². The van der Waals surface area contributed by atoms with Crippen LogP contribution in [-0.2, 0) is 0 Å². The van der Waals surface area contributed by atoms with Crippen LogP contribution in [0.15, 0.2) is 12.1 Å². The highest BCUT2D eigenvalue weighted by molar-refractivity contribution is 6.38. The van der Waals surface area contributed by atoms with E-state index in [9.17, 15) is 0 Å². The predicted octanol–water partition coefficient (Wildman–Crippen LogP) is 3.80. The number of hydrogen-bond donors (Lipinski definition) is 2. The van der Waals surface area contributed by atoms with E-state index in [1.54, 1.807) is 6.07 Å². The van der Waals surface area contributed by atoms with E-state index in [-0.39, 0.29) is 6.04 Å². The van der Waals surface area contributed by atoms with Crippen LogP contribution >= 0.6 is 23.2 Å². The highest BCUT2D eigenvalue weighted by Crippen LogP contribution is 2.32. The summed E-state index contributed by atoms with van der Waals surface area (Å²) in [4.78, 5) is 3.24. The topological polar surface area (TPSA) is 41.8 Å². The molecule has 1 atom stereocenters. The molecule has 3 N–H and O–H groups in total. The van der Waals surface area contributed by atoms with Crippen molar-refractivity contribution in [1.29, 1.82) is 0 Å². The maximum Gasteiger partial charge on any atom is 0.0662 e. The molecule has 0 aliphatic carbocycles. The first-order valence-corrected chi connectivity index (χ1v) is 5.49. The molecule has 0 aliphatic rings. The van der Waals surface area contributed by atoms with Crippen molar-refractivity contribution < 1.29 is 0 Å². The normalized spacial score (nSPS) is 13.4. The molecule has 0 fully saturated rings. The van der Waals surface area contributed by atoms with Gasteiger partial charge in [-0.15, -0.1) is 0 Å². The Hall–Kier alpha value is -0.700. The van der Waals surface area contributed by atoms with Gasteiger partial charge in [0.15, 0.2) is 0 Å². The van der Waals surface area contributed by atoms with Crippen molar-refractivity contribution in [2.75, 3.05) is 0 Å². The monoisotopic (exact) mass is 242 g/mol. The van der Waals surface area contributed by atoms with Crippen molar-refractivity contribution in [3.05, 3.63) is 33.4 Å². The highest BCUT2D eigenvalue weighted by Gasteiger charge is 2.13. The minimum atomic E-state index is -0.0350. The van der Waals surface area contributed by atoms with Gasteiger partial charge in [-0.2, -0.15) is 0 Å². The van der Waals surface area contributed by atoms with Crippen LogP contribution in [0, 0.1) is 6.92 Å². The Labute approximate surface area is 98.4 Å². The number of hydrogen-bond acceptors (Lipinski definition) is 1. The van der Waals surface area contributed by atoms with Gasteiger partial charge in [-0.05, 0) is 31.5 Å². The summed E-state index contributed by atoms with van der Waals surface area (Å²) in [5.41, 5.74) is 8.89. The largest absolute Gasteiger partial charge is 0.356 e. The number of benzene rings is 1. The van der Waals surface area contributed by atoms with E-state index < -0.39 is 0 Å². The smallest absolute Gasteiger partial charge is 0.0662 e. The van der Waals surface area contributed by atoms with Crippen molar-refractivity contribution >= 4 is 34.1 Å². The number of halogens is 2. The molecule has 0 spiro atoms. The van der Waals surface area contributed by atoms with Gasteiger partial charge in [-0.25, -0.2) is 0 Å². The van der Waals surface area contributed by atoms with E-state index in [0.29, 0.717) is 10.0 Å². The number of rotatable bonds is 1. The zero-order valence-electron chi connectivity index (χ0n) is 8.57. The van der Waals surface area contributed by atoms with Gasteiger partial charge in [0, 0.05) is 22.1 Å². The molecule has 0 saturated carbocycles. The Bertz CT molecular complexity index is 515. The lowest BCUT2D eigenvalue weighted by atomic mass is 10.1. The Morgan fingerprint density at radius 3 is 2.60 bits per heavy atom. The van der Waals surface area contributed by atoms with Gasteiger partial charge in [0.25, 0.3) is 0 Å². The van der Waals surface area contributed by atoms with Crippen molar-refractivity contribution in [3.63, 3.8) is 0 Å². The Kier molecular flexibility index (Phi) is 2.67. The summed E-state index contributed by atoms with van der Waals surface area (Å²) in [5.74, 6) is 0. The van der Waals surface area contributed by atoms with Crippen LogP contribution in [0.4, 0.5) is 0 Å². The predicted molar refractivity (Wildman–Crippen MR) is 65.7 cm³/mol. The van der Waals surface area contributed by atoms with Crippen LogP contribution in [0.1, 0.15) is 24.2 Å². The second kappa shape index (κ2) is 3.71. The number of nitrogens with one attached hydrogen (secondary N) is 1. The van der Waals surface area contributed by atoms with Gasteiger partial charge in [-0.1, -0.05) is 23.2 Å². The fourth-order valence-electron chi connectivity index (χ4n) is 1.83. The summed E-state index contributed by atoms with van der Waals surface area (Å²) in [6.07, 6.45) is 0. The fourth-order valence-corrected chi connectivity index (χ4v) is 2.37. The summed E-state index contributed by atoms with van der Waals surface area (Å²) in [6.45, 7) is 3.96. The molecule has 1 aromatic heterocycles. The maximum absolute atomic E-state index is 6.10. The number of aromatic nitrogens is 1. The van der Waals surface area contributed by atoms with E-state index in [2.05, 4.69) is 4.98 Å². The van der Waals surface area contributed by atoms with E-state index >= 15 is 0 Å². The lowest BCUT2D eigenvalue weighted by Crippen LogP contribution is -2.06. The standard InChI is InChI=1S/C11H12Cl2N2/c1-5-8-3-7(12)4-9(13)11(8)15-10(5)6(2)14/h3-4,6,15H,14H2,1-2H3. The van der Waals surface area contributed by atoms with Crippen LogP contribution in [0.2, 0.25) is 10.0 Å². The van der Waals surface area contributed by atoms with Gasteiger partial charge in [0.1, 0.15) is 0 Å². The van der Waals surface area contributed by atoms with Gasteiger partial charge >= 0.3 is 0 Å². The summed E-state index contributed by atoms with van der Waals surface area (Å²) in [6, 6.07) is 3.60. The SMILES string of the molecule is Cc1c(C(C)N)[nH]c2c(Cl)cc(Cl)cc12. The summed E-state index contributed by atoms with van der Waals surface area (Å²) in [5, 5.41) is 2.32. The molecule has 2 rings (SSSR count). The van der Waals surface area contributed by atoms with Crippen molar-refractivity contribution in [1.82, 2.24) is 4.98 Å². The van der Waals surface area contributed by atoms with E-state index in [0.717, 1.165) is 22.2 Å². The van der Waals surface area contributed by atoms with Crippen LogP contribution in [0.25, 0.3) is 10.9 Å². The number of aromatic amines is 1. The molecule has 0 aliphatic heterocycles. The van der Waals surface area contributed by atoms with Crippen LogP contribution in [-0.4, -0.2) is 4.98 Å². The van der Waals surface area contributed by atoms with Crippen LogP contribution in [0.3, 0.4) is 0 Å². The third kappa shape index (κ3) is 1.73. The molecule has 2 nitrogen and oxygen atoms in total. The molecular weight excluding hydrogens is 231 g/mol. The van der Waals surface area contributed by atoms with E-state index in [4.69, 9.17) is 28.9 Å². The molecule has 1 unspecified atom stereocenters. The molecule has 15 heavy (non-hydrogen) atoms. The third-order valence-electron chi connectivity index (χ3n) is 2.58. The van der Waals surface area contributed by atoms with Crippen molar-refractivity contribution in [2.24, 2.45) is 5.73 Å². The van der Waals surface area contributed by atoms with Gasteiger partial charge in [-0.3, -0.25) is 0 Å². The van der Waals surface area contributed by atoms with Crippen molar-refractivity contribution in [2.45, 2.75) is 19.9 Å². The molecule has 2 aromatic rings. The molecule has 80 valence electrons. The highest BCUT2D eigenvalue weighted by atomic mass is 35.5. The lowest BCUT2D eigenvalue weighted by molar-refractivity contribution is 0.785. The Morgan fingerprint density at radius 1 is 1.33 bits per heavy atom. The lowest BCUT2D eigenvalue weighted by Gasteiger charge is -2.02. The number of aryl methyl sites for hydroxylation is 1. The van der Waals surface area contributed by atoms with E-state index in [1.807, 2.05) is 19.9 Å². The number of nitrogens with two attached hydrogens (primary N) is 1. The average Bonchev–Trinajstić information content (AvgIpc) is 2.44. The zero-order valence-corrected chi connectivity index (χ0v) is 10.1. The van der Waals surface area contributed by atoms with E-state index in [1.165, 1.54) is 0 Å². The summed E-state index contributed by atoms with van der Waals surface area (Å²) >= 11 is 12.1. The molecule has 0 saturated heterocycles. The average molecular weight is 243 g/mol. The second-order valence-electron chi connectivity index (χ2n) is 3.76. The first-order valence-electron chi connectivity index (χ1n) is 4.73. The zero-order chi connectivity index (χ0) is 11.2. The second-order valence-corrected chi connectivity index (χ2v) is 4.61. The Balaban J connectivity index is 2.82. The molecule has 1 heterocycles. The number of H-pyrrole nitrogens is 1. The first-order chi connectivity index (χ1) is 7.00. The minimum absolute atomic E-state index is 0.0350. The Morgan fingerprint density at radius 2 is 2.00 bits per heavy atom. The fraction of sp³-hybridized carbons (Fsp3) is 0.273. The molecule has 1 aromatic carbocycles. The molecule has 0 bridgehead atoms. The van der Waals surface area contributed by atoms with Crippen molar-refractivity contribution in [3.8, 4) is 0 Å². The van der Waals surface area contributed by atoms with Gasteiger partial charge < -0.3 is 10.7 Å². The molecule has 4 heteroatoms. The van der Waals surface area contributed by atoms with Crippen LogP contribution in [0.5, 0.6) is 0 Å². The molecular formula is C11H12Cl2N2. The summed E-state index contributed by atoms with van der Waals surface area (Å²) < 4.78 is 0. The molecule has 0 amide bonds. The van der Waals surface area contributed by atoms with Crippen LogP contribution < -0.4 is 5.73 Å².